The Labute approximate surface area is 145 Å². The molecule has 0 aliphatic rings. The van der Waals surface area contributed by atoms with Gasteiger partial charge in [0.15, 0.2) is 0 Å². The Morgan fingerprint density at radius 2 is 1.04 bits per heavy atom. The number of aliphatic imine (C=N–C) groups is 2. The lowest BCUT2D eigenvalue weighted by Gasteiger charge is -1.95. The van der Waals surface area contributed by atoms with E-state index in [1.165, 1.54) is 11.1 Å². The summed E-state index contributed by atoms with van der Waals surface area (Å²) < 4.78 is 0. The van der Waals surface area contributed by atoms with Gasteiger partial charge in [-0.1, -0.05) is 72.8 Å². The summed E-state index contributed by atoms with van der Waals surface area (Å²) in [7, 11) is 0. The molecule has 24 heavy (non-hydrogen) atoms. The molecule has 2 aromatic carbocycles. The van der Waals surface area contributed by atoms with Crippen LogP contribution in [0.2, 0.25) is 0 Å². The second-order valence-corrected chi connectivity index (χ2v) is 5.67. The number of nitrogens with zero attached hydrogens (tertiary/aromatic N) is 2. The highest BCUT2D eigenvalue weighted by Crippen LogP contribution is 2.05. The van der Waals surface area contributed by atoms with E-state index in [4.69, 9.17) is 0 Å². The summed E-state index contributed by atoms with van der Waals surface area (Å²) in [4.78, 5) is 8.84. The van der Waals surface area contributed by atoms with Gasteiger partial charge < -0.3 is 0 Å². The maximum Gasteiger partial charge on any atom is 0.0585 e. The molecule has 0 aliphatic carbocycles. The van der Waals surface area contributed by atoms with Crippen molar-refractivity contribution in [2.24, 2.45) is 9.98 Å². The van der Waals surface area contributed by atoms with Crippen LogP contribution >= 0.6 is 0 Å². The summed E-state index contributed by atoms with van der Waals surface area (Å²) in [6.45, 7) is 5.53. The minimum Gasteiger partial charge on any atom is -0.291 e. The molecule has 0 heterocycles. The third-order valence-corrected chi connectivity index (χ3v) is 3.34. The zero-order valence-corrected chi connectivity index (χ0v) is 14.4. The predicted molar refractivity (Wildman–Crippen MR) is 107 cm³/mol. The van der Waals surface area contributed by atoms with Crippen molar-refractivity contribution in [1.29, 1.82) is 0 Å². The Bertz CT molecular complexity index is 658. The summed E-state index contributed by atoms with van der Waals surface area (Å²) in [5, 5.41) is 0. The first kappa shape index (κ1) is 17.6. The molecule has 2 aromatic rings. The molecule has 122 valence electrons. The van der Waals surface area contributed by atoms with E-state index in [2.05, 4.69) is 60.2 Å². The maximum atomic E-state index is 4.42. The van der Waals surface area contributed by atoms with Crippen molar-refractivity contribution < 1.29 is 0 Å². The van der Waals surface area contributed by atoms with Gasteiger partial charge in [0.05, 0.1) is 13.1 Å². The molecular weight excluding hydrogens is 292 g/mol. The van der Waals surface area contributed by atoms with Crippen molar-refractivity contribution in [3.8, 4) is 0 Å². The number of benzene rings is 2. The number of hydrogen-bond donors (Lipinski definition) is 0. The number of hydrogen-bond acceptors (Lipinski definition) is 2. The molecule has 2 heteroatoms. The average Bonchev–Trinajstić information content (AvgIpc) is 2.60. The first-order chi connectivity index (χ1) is 11.7. The van der Waals surface area contributed by atoms with Gasteiger partial charge in [0.25, 0.3) is 0 Å². The molecule has 0 atom stereocenters. The van der Waals surface area contributed by atoms with Gasteiger partial charge in [-0.15, -0.1) is 0 Å². The lowest BCUT2D eigenvalue weighted by molar-refractivity contribution is 0.984. The van der Waals surface area contributed by atoms with Gasteiger partial charge in [0, 0.05) is 12.4 Å². The largest absolute Gasteiger partial charge is 0.291 e. The molecule has 0 aliphatic heterocycles. The van der Waals surface area contributed by atoms with Crippen molar-refractivity contribution in [3.63, 3.8) is 0 Å². The van der Waals surface area contributed by atoms with Crippen molar-refractivity contribution in [3.05, 3.63) is 82.9 Å². The Morgan fingerprint density at radius 3 is 1.42 bits per heavy atom. The van der Waals surface area contributed by atoms with Crippen LogP contribution in [0, 0.1) is 0 Å². The molecule has 0 saturated heterocycles. The van der Waals surface area contributed by atoms with Gasteiger partial charge in [-0.05, 0) is 36.1 Å². The summed E-state index contributed by atoms with van der Waals surface area (Å²) in [6, 6.07) is 20.5. The van der Waals surface area contributed by atoms with Crippen LogP contribution in [0.1, 0.15) is 25.0 Å². The molecule has 0 radical (unpaired) electrons. The van der Waals surface area contributed by atoms with Gasteiger partial charge >= 0.3 is 0 Å². The van der Waals surface area contributed by atoms with Crippen molar-refractivity contribution >= 4 is 24.6 Å². The smallest absolute Gasteiger partial charge is 0.0585 e. The first-order valence-corrected chi connectivity index (χ1v) is 8.20. The van der Waals surface area contributed by atoms with Crippen molar-refractivity contribution in [2.75, 3.05) is 13.1 Å². The molecule has 2 rings (SSSR count). The van der Waals surface area contributed by atoms with Gasteiger partial charge in [-0.2, -0.15) is 0 Å². The van der Waals surface area contributed by atoms with Gasteiger partial charge in [-0.25, -0.2) is 0 Å². The highest BCUT2D eigenvalue weighted by Gasteiger charge is 1.88. The fraction of sp³-hybridized carbons (Fsp3) is 0.182. The second-order valence-electron chi connectivity index (χ2n) is 5.67. The summed E-state index contributed by atoms with van der Waals surface area (Å²) in [5.74, 6) is 0. The fourth-order valence-electron chi connectivity index (χ4n) is 2.23. The van der Waals surface area contributed by atoms with Crippen LogP contribution in [0.4, 0.5) is 0 Å². The highest BCUT2D eigenvalue weighted by atomic mass is 14.8. The summed E-state index contributed by atoms with van der Waals surface area (Å²) in [5.41, 5.74) is 4.68. The maximum absolute atomic E-state index is 4.42. The van der Waals surface area contributed by atoms with Crippen molar-refractivity contribution in [2.45, 2.75) is 13.8 Å². The Kier molecular flexibility index (Phi) is 7.42. The average molecular weight is 316 g/mol. The molecular formula is C22H24N2. The Balaban J connectivity index is 1.76. The van der Waals surface area contributed by atoms with Crippen molar-refractivity contribution in [1.82, 2.24) is 0 Å². The van der Waals surface area contributed by atoms with Gasteiger partial charge in [-0.3, -0.25) is 9.98 Å². The van der Waals surface area contributed by atoms with Crippen LogP contribution in [0.15, 0.2) is 81.8 Å². The minimum absolute atomic E-state index is 0.703. The zero-order valence-electron chi connectivity index (χ0n) is 14.4. The van der Waals surface area contributed by atoms with E-state index in [1.54, 1.807) is 0 Å². The number of allylic oxidation sites excluding steroid dienone is 2. The van der Waals surface area contributed by atoms with E-state index in [1.807, 2.05) is 48.8 Å². The number of rotatable bonds is 7. The fourth-order valence-corrected chi connectivity index (χ4v) is 2.23. The molecule has 0 fully saturated rings. The third-order valence-electron chi connectivity index (χ3n) is 3.34. The molecule has 0 unspecified atom stereocenters. The normalized spacial score (nSPS) is 13.1. The molecule has 0 bridgehead atoms. The van der Waals surface area contributed by atoms with Crippen LogP contribution in [0.25, 0.3) is 12.2 Å². The summed E-state index contributed by atoms with van der Waals surface area (Å²) in [6.07, 6.45) is 8.07. The van der Waals surface area contributed by atoms with E-state index in [0.717, 1.165) is 11.1 Å². The quantitative estimate of drug-likeness (QED) is 0.487. The second kappa shape index (κ2) is 10.1. The van der Waals surface area contributed by atoms with E-state index in [-0.39, 0.29) is 0 Å². The molecule has 0 amide bonds. The molecule has 0 aromatic heterocycles. The Morgan fingerprint density at radius 1 is 0.667 bits per heavy atom. The SMILES string of the molecule is CC(C=NCCN=CC(C)=Cc1ccccc1)=Cc1ccccc1. The molecule has 0 N–H and O–H groups in total. The first-order valence-electron chi connectivity index (χ1n) is 8.20. The molecule has 0 spiro atoms. The zero-order chi connectivity index (χ0) is 17.0. The summed E-state index contributed by atoms with van der Waals surface area (Å²) >= 11 is 0. The lowest BCUT2D eigenvalue weighted by Crippen LogP contribution is -1.90. The standard InChI is InChI=1S/C22H24N2/c1-19(15-21-9-5-3-6-10-21)17-23-13-14-24-18-20(2)16-22-11-7-4-8-12-22/h3-12,15-18H,13-14H2,1-2H3. The highest BCUT2D eigenvalue weighted by molar-refractivity contribution is 5.85. The van der Waals surface area contributed by atoms with Gasteiger partial charge in [0.2, 0.25) is 0 Å². The van der Waals surface area contributed by atoms with E-state index >= 15 is 0 Å². The lowest BCUT2D eigenvalue weighted by atomic mass is 10.1. The van der Waals surface area contributed by atoms with E-state index in [9.17, 15) is 0 Å². The van der Waals surface area contributed by atoms with Crippen LogP contribution in [-0.4, -0.2) is 25.5 Å². The van der Waals surface area contributed by atoms with Crippen LogP contribution in [-0.2, 0) is 0 Å². The van der Waals surface area contributed by atoms with Gasteiger partial charge in [0.1, 0.15) is 0 Å². The van der Waals surface area contributed by atoms with E-state index < -0.39 is 0 Å². The predicted octanol–water partition coefficient (Wildman–Crippen LogP) is 5.34. The van der Waals surface area contributed by atoms with Crippen LogP contribution in [0.5, 0.6) is 0 Å². The van der Waals surface area contributed by atoms with E-state index in [0.29, 0.717) is 13.1 Å². The van der Waals surface area contributed by atoms with Crippen LogP contribution < -0.4 is 0 Å². The monoisotopic (exact) mass is 316 g/mol. The minimum atomic E-state index is 0.703. The Hall–Kier alpha value is -2.74. The third kappa shape index (κ3) is 7.01. The molecule has 2 nitrogen and oxygen atoms in total. The topological polar surface area (TPSA) is 24.7 Å². The molecule has 0 saturated carbocycles. The van der Waals surface area contributed by atoms with Crippen LogP contribution in [0.3, 0.4) is 0 Å².